The smallest absolute Gasteiger partial charge is 0.340 e. The summed E-state index contributed by atoms with van der Waals surface area (Å²) in [6.45, 7) is 0. The number of benzene rings is 2. The minimum Gasteiger partial charge on any atom is -0.445 e. The van der Waals surface area contributed by atoms with Gasteiger partial charge in [-0.15, -0.1) is 0 Å². The maximum Gasteiger partial charge on any atom is 0.340 e. The SMILES string of the molecule is O=C(O[C@H](C(=O)c1ccccc1)c1ccccc1)c1cccnc1. The maximum atomic E-state index is 12.8. The number of ether oxygens (including phenoxy) is 1. The van der Waals surface area contributed by atoms with Crippen molar-refractivity contribution in [3.8, 4) is 0 Å². The Morgan fingerprint density at radius 3 is 2.04 bits per heavy atom. The van der Waals surface area contributed by atoms with E-state index in [4.69, 9.17) is 4.74 Å². The number of carbonyl (C=O) groups is 2. The molecule has 4 heteroatoms. The minimum atomic E-state index is -0.999. The van der Waals surface area contributed by atoms with Crippen LogP contribution in [0, 0.1) is 0 Å². The van der Waals surface area contributed by atoms with Crippen molar-refractivity contribution in [3.63, 3.8) is 0 Å². The number of ketones is 1. The van der Waals surface area contributed by atoms with Crippen molar-refractivity contribution in [3.05, 3.63) is 102 Å². The van der Waals surface area contributed by atoms with Gasteiger partial charge in [-0.05, 0) is 12.1 Å². The lowest BCUT2D eigenvalue weighted by molar-refractivity contribution is 0.0279. The number of esters is 1. The first kappa shape index (κ1) is 15.6. The molecule has 0 unspecified atom stereocenters. The van der Waals surface area contributed by atoms with Crippen molar-refractivity contribution >= 4 is 11.8 Å². The predicted molar refractivity (Wildman–Crippen MR) is 89.6 cm³/mol. The Morgan fingerprint density at radius 1 is 0.792 bits per heavy atom. The van der Waals surface area contributed by atoms with Gasteiger partial charge in [0.25, 0.3) is 0 Å². The van der Waals surface area contributed by atoms with E-state index in [-0.39, 0.29) is 5.78 Å². The summed E-state index contributed by atoms with van der Waals surface area (Å²) < 4.78 is 5.51. The number of carbonyl (C=O) groups excluding carboxylic acids is 2. The van der Waals surface area contributed by atoms with Crippen LogP contribution in [0.1, 0.15) is 32.4 Å². The molecule has 0 saturated heterocycles. The highest BCUT2D eigenvalue weighted by Crippen LogP contribution is 2.23. The van der Waals surface area contributed by atoms with Crippen LogP contribution in [0.3, 0.4) is 0 Å². The molecule has 0 aliphatic heterocycles. The lowest BCUT2D eigenvalue weighted by atomic mass is 10.00. The molecule has 118 valence electrons. The number of rotatable bonds is 5. The second-order valence-corrected chi connectivity index (χ2v) is 5.17. The van der Waals surface area contributed by atoms with Gasteiger partial charge in [0.15, 0.2) is 6.10 Å². The van der Waals surface area contributed by atoms with E-state index in [0.717, 1.165) is 0 Å². The number of hydrogen-bond donors (Lipinski definition) is 0. The summed E-state index contributed by atoms with van der Waals surface area (Å²) in [6, 6.07) is 21.0. The number of aromatic nitrogens is 1. The van der Waals surface area contributed by atoms with Crippen LogP contribution in [0.4, 0.5) is 0 Å². The van der Waals surface area contributed by atoms with Crippen LogP contribution in [-0.2, 0) is 4.74 Å². The molecule has 0 saturated carbocycles. The molecular weight excluding hydrogens is 302 g/mol. The Bertz CT molecular complexity index is 817. The first-order valence-electron chi connectivity index (χ1n) is 7.51. The molecule has 0 N–H and O–H groups in total. The van der Waals surface area contributed by atoms with E-state index >= 15 is 0 Å². The molecule has 2 aromatic carbocycles. The fourth-order valence-electron chi connectivity index (χ4n) is 2.31. The van der Waals surface area contributed by atoms with Crippen molar-refractivity contribution in [2.45, 2.75) is 6.10 Å². The Balaban J connectivity index is 1.91. The van der Waals surface area contributed by atoms with Crippen molar-refractivity contribution in [1.29, 1.82) is 0 Å². The molecule has 3 aromatic rings. The van der Waals surface area contributed by atoms with Gasteiger partial charge in [-0.2, -0.15) is 0 Å². The number of pyridine rings is 1. The highest BCUT2D eigenvalue weighted by molar-refractivity contribution is 6.02. The van der Waals surface area contributed by atoms with Crippen LogP contribution in [0.2, 0.25) is 0 Å². The third-order valence-electron chi connectivity index (χ3n) is 3.52. The van der Waals surface area contributed by atoms with Crippen LogP contribution in [0.15, 0.2) is 85.2 Å². The molecule has 1 aromatic heterocycles. The molecule has 0 amide bonds. The largest absolute Gasteiger partial charge is 0.445 e. The minimum absolute atomic E-state index is 0.265. The molecule has 0 spiro atoms. The van der Waals surface area contributed by atoms with E-state index in [1.807, 2.05) is 12.1 Å². The van der Waals surface area contributed by atoms with Crippen molar-refractivity contribution in [2.24, 2.45) is 0 Å². The normalized spacial score (nSPS) is 11.5. The van der Waals surface area contributed by atoms with Gasteiger partial charge >= 0.3 is 5.97 Å². The van der Waals surface area contributed by atoms with E-state index in [2.05, 4.69) is 4.98 Å². The molecule has 0 aliphatic rings. The Kier molecular flexibility index (Phi) is 4.77. The summed E-state index contributed by atoms with van der Waals surface area (Å²) in [5.41, 5.74) is 1.42. The highest BCUT2D eigenvalue weighted by atomic mass is 16.5. The summed E-state index contributed by atoms with van der Waals surface area (Å²) in [5, 5.41) is 0. The fraction of sp³-hybridized carbons (Fsp3) is 0.0500. The highest BCUT2D eigenvalue weighted by Gasteiger charge is 2.26. The van der Waals surface area contributed by atoms with Gasteiger partial charge in [0.05, 0.1) is 5.56 Å². The van der Waals surface area contributed by atoms with Crippen LogP contribution in [0.25, 0.3) is 0 Å². The average molecular weight is 317 g/mol. The zero-order valence-electron chi connectivity index (χ0n) is 12.8. The van der Waals surface area contributed by atoms with Gasteiger partial charge in [0.2, 0.25) is 5.78 Å². The molecule has 0 aliphatic carbocycles. The predicted octanol–water partition coefficient (Wildman–Crippen LogP) is 3.86. The van der Waals surface area contributed by atoms with E-state index in [1.165, 1.54) is 6.20 Å². The Labute approximate surface area is 139 Å². The van der Waals surface area contributed by atoms with Gasteiger partial charge in [0.1, 0.15) is 0 Å². The molecule has 0 radical (unpaired) electrons. The zero-order valence-corrected chi connectivity index (χ0v) is 12.8. The van der Waals surface area contributed by atoms with Crippen LogP contribution in [0.5, 0.6) is 0 Å². The van der Waals surface area contributed by atoms with E-state index in [9.17, 15) is 9.59 Å². The van der Waals surface area contributed by atoms with Crippen molar-refractivity contribution < 1.29 is 14.3 Å². The second-order valence-electron chi connectivity index (χ2n) is 5.17. The molecular formula is C20H15NO3. The number of hydrogen-bond acceptors (Lipinski definition) is 4. The van der Waals surface area contributed by atoms with Gasteiger partial charge in [-0.25, -0.2) is 4.79 Å². The average Bonchev–Trinajstić information content (AvgIpc) is 2.67. The summed E-state index contributed by atoms with van der Waals surface area (Å²) in [5.74, 6) is -0.847. The Morgan fingerprint density at radius 2 is 1.42 bits per heavy atom. The van der Waals surface area contributed by atoms with E-state index < -0.39 is 12.1 Å². The third kappa shape index (κ3) is 3.55. The summed E-state index contributed by atoms with van der Waals surface area (Å²) in [7, 11) is 0. The van der Waals surface area contributed by atoms with E-state index in [1.54, 1.807) is 66.9 Å². The van der Waals surface area contributed by atoms with Gasteiger partial charge < -0.3 is 4.74 Å². The summed E-state index contributed by atoms with van der Waals surface area (Å²) in [6.07, 6.45) is 1.99. The molecule has 3 rings (SSSR count). The van der Waals surface area contributed by atoms with Crippen molar-refractivity contribution in [1.82, 2.24) is 4.98 Å². The van der Waals surface area contributed by atoms with Gasteiger partial charge in [-0.1, -0.05) is 60.7 Å². The maximum absolute atomic E-state index is 12.8. The van der Waals surface area contributed by atoms with Crippen LogP contribution >= 0.6 is 0 Å². The van der Waals surface area contributed by atoms with Crippen LogP contribution < -0.4 is 0 Å². The molecule has 24 heavy (non-hydrogen) atoms. The second kappa shape index (κ2) is 7.33. The summed E-state index contributed by atoms with van der Waals surface area (Å²) in [4.78, 5) is 29.1. The number of nitrogens with zero attached hydrogens (tertiary/aromatic N) is 1. The zero-order chi connectivity index (χ0) is 16.8. The van der Waals surface area contributed by atoms with Gasteiger partial charge in [0, 0.05) is 23.5 Å². The van der Waals surface area contributed by atoms with E-state index in [0.29, 0.717) is 16.7 Å². The lowest BCUT2D eigenvalue weighted by Crippen LogP contribution is -2.20. The molecule has 0 fully saturated rings. The fourth-order valence-corrected chi connectivity index (χ4v) is 2.31. The Hall–Kier alpha value is -3.27. The van der Waals surface area contributed by atoms with Gasteiger partial charge in [-0.3, -0.25) is 9.78 Å². The standard InChI is InChI=1S/C20H15NO3/c22-18(15-8-3-1-4-9-15)19(16-10-5-2-6-11-16)24-20(23)17-12-7-13-21-14-17/h1-14,19H/t19-/m0/s1. The molecule has 1 atom stereocenters. The molecule has 4 nitrogen and oxygen atoms in total. The number of Topliss-reactive ketones (excluding diaryl/α,β-unsaturated/α-hetero) is 1. The quantitative estimate of drug-likeness (QED) is 0.529. The third-order valence-corrected chi connectivity index (χ3v) is 3.52. The molecule has 0 bridgehead atoms. The first-order valence-corrected chi connectivity index (χ1v) is 7.51. The van der Waals surface area contributed by atoms with Crippen LogP contribution in [-0.4, -0.2) is 16.7 Å². The topological polar surface area (TPSA) is 56.3 Å². The summed E-state index contributed by atoms with van der Waals surface area (Å²) >= 11 is 0. The molecule has 1 heterocycles. The first-order chi connectivity index (χ1) is 11.8. The lowest BCUT2D eigenvalue weighted by Gasteiger charge is -2.17. The van der Waals surface area contributed by atoms with Crippen molar-refractivity contribution in [2.75, 3.05) is 0 Å². The monoisotopic (exact) mass is 317 g/mol.